The molecule has 142 valence electrons. The van der Waals surface area contributed by atoms with E-state index in [2.05, 4.69) is 5.32 Å². The van der Waals surface area contributed by atoms with E-state index in [-0.39, 0.29) is 18.0 Å². The Morgan fingerprint density at radius 1 is 1.00 bits per heavy atom. The van der Waals surface area contributed by atoms with Gasteiger partial charge in [-0.2, -0.15) is 0 Å². The van der Waals surface area contributed by atoms with Crippen molar-refractivity contribution >= 4 is 17.3 Å². The number of rotatable bonds is 7. The van der Waals surface area contributed by atoms with Crippen LogP contribution in [0.1, 0.15) is 0 Å². The summed E-state index contributed by atoms with van der Waals surface area (Å²) in [4.78, 5) is 22.7. The Hall–Kier alpha value is -3.87. The smallest absolute Gasteiger partial charge is 0.271 e. The molecule has 0 aliphatic carbocycles. The van der Waals surface area contributed by atoms with E-state index in [0.29, 0.717) is 11.5 Å². The average Bonchev–Trinajstić information content (AvgIpc) is 2.73. The van der Waals surface area contributed by atoms with Gasteiger partial charge in [0.15, 0.2) is 6.61 Å². The van der Waals surface area contributed by atoms with Crippen LogP contribution in [0.5, 0.6) is 11.5 Å². The van der Waals surface area contributed by atoms with Crippen LogP contribution in [0.25, 0.3) is 11.1 Å². The lowest BCUT2D eigenvalue weighted by Crippen LogP contribution is -2.20. The minimum atomic E-state index is -0.540. The van der Waals surface area contributed by atoms with Crippen LogP contribution in [0.4, 0.5) is 11.4 Å². The Labute approximate surface area is 161 Å². The van der Waals surface area contributed by atoms with E-state index in [1.54, 1.807) is 6.07 Å². The number of benzene rings is 3. The third-order valence-corrected chi connectivity index (χ3v) is 4.00. The van der Waals surface area contributed by atoms with Crippen LogP contribution in [-0.4, -0.2) is 24.5 Å². The molecule has 7 nitrogen and oxygen atoms in total. The van der Waals surface area contributed by atoms with Crippen LogP contribution in [0.15, 0.2) is 72.8 Å². The molecule has 0 atom stereocenters. The van der Waals surface area contributed by atoms with E-state index >= 15 is 0 Å². The van der Waals surface area contributed by atoms with Gasteiger partial charge in [0.1, 0.15) is 11.5 Å². The summed E-state index contributed by atoms with van der Waals surface area (Å²) in [6.07, 6.45) is 0. The first-order valence-corrected chi connectivity index (χ1v) is 8.48. The lowest BCUT2D eigenvalue weighted by Gasteiger charge is -2.13. The second-order valence-corrected chi connectivity index (χ2v) is 5.84. The number of amides is 1. The topological polar surface area (TPSA) is 90.7 Å². The number of nitrogens with one attached hydrogen (secondary N) is 1. The highest BCUT2D eigenvalue weighted by Crippen LogP contribution is 2.30. The molecule has 0 radical (unpaired) electrons. The normalized spacial score (nSPS) is 10.2. The molecule has 0 bridgehead atoms. The van der Waals surface area contributed by atoms with Crippen molar-refractivity contribution in [1.82, 2.24) is 0 Å². The summed E-state index contributed by atoms with van der Waals surface area (Å²) in [6.45, 7) is -0.254. The minimum absolute atomic E-state index is 0.147. The van der Waals surface area contributed by atoms with Gasteiger partial charge in [0.05, 0.1) is 17.7 Å². The van der Waals surface area contributed by atoms with E-state index in [1.165, 1.54) is 25.3 Å². The summed E-state index contributed by atoms with van der Waals surface area (Å²) in [5.74, 6) is 0.431. The number of nitro groups is 1. The predicted octanol–water partition coefficient (Wildman–Crippen LogP) is 4.29. The Balaban J connectivity index is 1.72. The maximum Gasteiger partial charge on any atom is 0.271 e. The number of non-ortho nitro benzene ring substituents is 1. The first-order valence-electron chi connectivity index (χ1n) is 8.48. The first-order chi connectivity index (χ1) is 13.6. The summed E-state index contributed by atoms with van der Waals surface area (Å²) < 4.78 is 10.8. The van der Waals surface area contributed by atoms with Crippen LogP contribution in [0.3, 0.4) is 0 Å². The summed E-state index contributed by atoms with van der Waals surface area (Å²) in [7, 11) is 1.42. The fourth-order valence-corrected chi connectivity index (χ4v) is 2.69. The highest BCUT2D eigenvalue weighted by Gasteiger charge is 2.14. The summed E-state index contributed by atoms with van der Waals surface area (Å²) in [6, 6.07) is 21.1. The Morgan fingerprint density at radius 3 is 2.43 bits per heavy atom. The minimum Gasteiger partial charge on any atom is -0.495 e. The van der Waals surface area contributed by atoms with E-state index in [0.717, 1.165) is 11.1 Å². The molecule has 28 heavy (non-hydrogen) atoms. The van der Waals surface area contributed by atoms with Crippen molar-refractivity contribution in [1.29, 1.82) is 0 Å². The standard InChI is InChI=1S/C21H18N2O5/c1-27-20-12-11-16(23(25)26)13-18(20)22-21(24)14-28-19-10-6-5-9-17(19)15-7-3-2-4-8-15/h2-13H,14H2,1H3,(H,22,24). The van der Waals surface area contributed by atoms with Crippen molar-refractivity contribution in [3.8, 4) is 22.6 Å². The van der Waals surface area contributed by atoms with Gasteiger partial charge in [-0.05, 0) is 17.7 Å². The van der Waals surface area contributed by atoms with Crippen molar-refractivity contribution < 1.29 is 19.2 Å². The average molecular weight is 378 g/mol. The zero-order chi connectivity index (χ0) is 19.9. The van der Waals surface area contributed by atoms with Gasteiger partial charge in [-0.25, -0.2) is 0 Å². The number of nitrogens with zero attached hydrogens (tertiary/aromatic N) is 1. The number of carbonyl (C=O) groups is 1. The molecule has 3 rings (SSSR count). The highest BCUT2D eigenvalue weighted by molar-refractivity contribution is 5.94. The number of hydrogen-bond acceptors (Lipinski definition) is 5. The Kier molecular flexibility index (Phi) is 5.86. The molecule has 3 aromatic rings. The fraction of sp³-hybridized carbons (Fsp3) is 0.0952. The van der Waals surface area contributed by atoms with Crippen molar-refractivity contribution in [3.63, 3.8) is 0 Å². The molecule has 1 N–H and O–H groups in total. The predicted molar refractivity (Wildman–Crippen MR) is 106 cm³/mol. The van der Waals surface area contributed by atoms with Gasteiger partial charge in [0.2, 0.25) is 0 Å². The molecule has 0 fully saturated rings. The number of methoxy groups -OCH3 is 1. The van der Waals surface area contributed by atoms with Gasteiger partial charge in [0.25, 0.3) is 11.6 Å². The largest absolute Gasteiger partial charge is 0.495 e. The molecule has 0 aliphatic rings. The molecule has 0 spiro atoms. The van der Waals surface area contributed by atoms with Gasteiger partial charge in [-0.15, -0.1) is 0 Å². The van der Waals surface area contributed by atoms with E-state index in [4.69, 9.17) is 9.47 Å². The molecule has 3 aromatic carbocycles. The van der Waals surface area contributed by atoms with Gasteiger partial charge in [-0.3, -0.25) is 14.9 Å². The van der Waals surface area contributed by atoms with Crippen LogP contribution < -0.4 is 14.8 Å². The van der Waals surface area contributed by atoms with Gasteiger partial charge in [-0.1, -0.05) is 48.5 Å². The second-order valence-electron chi connectivity index (χ2n) is 5.84. The zero-order valence-corrected chi connectivity index (χ0v) is 15.1. The summed E-state index contributed by atoms with van der Waals surface area (Å²) >= 11 is 0. The molecular formula is C21H18N2O5. The quantitative estimate of drug-likeness (QED) is 0.489. The Morgan fingerprint density at radius 2 is 1.71 bits per heavy atom. The number of nitro benzene ring substituents is 1. The van der Waals surface area contributed by atoms with E-state index in [1.807, 2.05) is 48.5 Å². The van der Waals surface area contributed by atoms with Crippen molar-refractivity contribution in [2.75, 3.05) is 19.0 Å². The molecule has 0 heterocycles. The van der Waals surface area contributed by atoms with Gasteiger partial charge in [0, 0.05) is 17.7 Å². The number of hydrogen-bond donors (Lipinski definition) is 1. The Bertz CT molecular complexity index is 989. The number of para-hydroxylation sites is 1. The van der Waals surface area contributed by atoms with Crippen LogP contribution >= 0.6 is 0 Å². The second kappa shape index (κ2) is 8.68. The lowest BCUT2D eigenvalue weighted by atomic mass is 10.1. The van der Waals surface area contributed by atoms with E-state index < -0.39 is 10.8 Å². The van der Waals surface area contributed by atoms with Crippen molar-refractivity contribution in [3.05, 3.63) is 82.9 Å². The van der Waals surface area contributed by atoms with Crippen LogP contribution in [0.2, 0.25) is 0 Å². The molecule has 0 aliphatic heterocycles. The molecule has 0 saturated heterocycles. The van der Waals surface area contributed by atoms with Gasteiger partial charge >= 0.3 is 0 Å². The third-order valence-electron chi connectivity index (χ3n) is 4.00. The molecule has 0 unspecified atom stereocenters. The third kappa shape index (κ3) is 4.45. The fourth-order valence-electron chi connectivity index (χ4n) is 2.69. The van der Waals surface area contributed by atoms with Crippen molar-refractivity contribution in [2.45, 2.75) is 0 Å². The molecule has 0 aromatic heterocycles. The molecule has 7 heteroatoms. The SMILES string of the molecule is COc1ccc([N+](=O)[O-])cc1NC(=O)COc1ccccc1-c1ccccc1. The first kappa shape index (κ1) is 18.9. The number of anilines is 1. The monoisotopic (exact) mass is 378 g/mol. The summed E-state index contributed by atoms with van der Waals surface area (Å²) in [5.41, 5.74) is 1.90. The maximum atomic E-state index is 12.3. The lowest BCUT2D eigenvalue weighted by molar-refractivity contribution is -0.384. The summed E-state index contributed by atoms with van der Waals surface area (Å²) in [5, 5.41) is 13.5. The number of ether oxygens (including phenoxy) is 2. The van der Waals surface area contributed by atoms with Crippen molar-refractivity contribution in [2.24, 2.45) is 0 Å². The zero-order valence-electron chi connectivity index (χ0n) is 15.1. The maximum absolute atomic E-state index is 12.3. The molecule has 0 saturated carbocycles. The van der Waals surface area contributed by atoms with E-state index in [9.17, 15) is 14.9 Å². The molecular weight excluding hydrogens is 360 g/mol. The van der Waals surface area contributed by atoms with Crippen LogP contribution in [0, 0.1) is 10.1 Å². The molecule has 1 amide bonds. The number of carbonyl (C=O) groups excluding carboxylic acids is 1. The van der Waals surface area contributed by atoms with Gasteiger partial charge < -0.3 is 14.8 Å². The van der Waals surface area contributed by atoms with Crippen LogP contribution in [-0.2, 0) is 4.79 Å². The highest BCUT2D eigenvalue weighted by atomic mass is 16.6.